The summed E-state index contributed by atoms with van der Waals surface area (Å²) in [6, 6.07) is 0. The van der Waals surface area contributed by atoms with Crippen LogP contribution in [0.25, 0.3) is 0 Å². The van der Waals surface area contributed by atoms with E-state index in [9.17, 15) is 0 Å². The van der Waals surface area contributed by atoms with E-state index >= 15 is 0 Å². The van der Waals surface area contributed by atoms with Crippen molar-refractivity contribution in [2.24, 2.45) is 10.8 Å². The normalized spacial score (nSPS) is 11.5. The fraction of sp³-hybridized carbons (Fsp3) is 1.00. The van der Waals surface area contributed by atoms with Crippen LogP contribution in [0.15, 0.2) is 0 Å². The monoisotopic (exact) mass is 237 g/mol. The molecule has 0 aliphatic carbocycles. The molecule has 0 saturated carbocycles. The van der Waals surface area contributed by atoms with Gasteiger partial charge in [-0.25, -0.2) is 0 Å². The van der Waals surface area contributed by atoms with Crippen LogP contribution < -0.4 is 0 Å². The molecule has 0 aromatic rings. The maximum Gasteiger partial charge on any atom is 0.0487 e. The second-order valence-corrected chi connectivity index (χ2v) is 4.29. The molecule has 0 bridgehead atoms. The van der Waals surface area contributed by atoms with Crippen molar-refractivity contribution in [1.82, 2.24) is 0 Å². The molecule has 0 aliphatic heterocycles. The second kappa shape index (κ2) is 5.63. The van der Waals surface area contributed by atoms with Crippen molar-refractivity contribution < 1.29 is 43.3 Å². The third kappa shape index (κ3) is 5.29. The summed E-state index contributed by atoms with van der Waals surface area (Å²) in [6.45, 7) is 10.8. The second-order valence-electron chi connectivity index (χ2n) is 4.29. The third-order valence-corrected chi connectivity index (χ3v) is 2.43. The Morgan fingerprint density at radius 1 is 1.00 bits per heavy atom. The first-order valence-electron chi connectivity index (χ1n) is 3.42. The van der Waals surface area contributed by atoms with Crippen molar-refractivity contribution in [3.8, 4) is 0 Å². The maximum atomic E-state index is 8.93. The summed E-state index contributed by atoms with van der Waals surface area (Å²) in [7, 11) is 0. The molecular formula is C8H20O2Y. The Hall–Kier alpha value is 1.02. The topological polar surface area (TPSA) is 51.7 Å². The van der Waals surface area contributed by atoms with Gasteiger partial charge in [0.05, 0.1) is 0 Å². The zero-order valence-electron chi connectivity index (χ0n) is 8.23. The van der Waals surface area contributed by atoms with Gasteiger partial charge in [0, 0.05) is 39.3 Å². The van der Waals surface area contributed by atoms with Crippen molar-refractivity contribution in [3.63, 3.8) is 0 Å². The van der Waals surface area contributed by atoms with Gasteiger partial charge in [0.25, 0.3) is 0 Å². The summed E-state index contributed by atoms with van der Waals surface area (Å²) in [5, 5.41) is 8.93. The number of rotatable bonds is 1. The zero-order valence-corrected chi connectivity index (χ0v) is 11.1. The summed E-state index contributed by atoms with van der Waals surface area (Å²) in [5.41, 5.74) is 0.231. The molecule has 0 heterocycles. The molecule has 0 saturated heterocycles. The quantitative estimate of drug-likeness (QED) is 0.732. The number of hydrogen-bond donors (Lipinski definition) is 1. The average Bonchev–Trinajstić information content (AvgIpc) is 1.64. The van der Waals surface area contributed by atoms with Crippen LogP contribution >= 0.6 is 0 Å². The predicted molar refractivity (Wildman–Crippen MR) is 43.9 cm³/mol. The van der Waals surface area contributed by atoms with Crippen LogP contribution in [0.5, 0.6) is 0 Å². The van der Waals surface area contributed by atoms with Gasteiger partial charge in [0.15, 0.2) is 0 Å². The van der Waals surface area contributed by atoms with E-state index in [0.717, 1.165) is 0 Å². The Morgan fingerprint density at radius 2 is 1.27 bits per heavy atom. The minimum absolute atomic E-state index is 0. The molecule has 3 N–H and O–H groups in total. The summed E-state index contributed by atoms with van der Waals surface area (Å²) >= 11 is 0. The van der Waals surface area contributed by atoms with E-state index in [2.05, 4.69) is 34.6 Å². The third-order valence-electron chi connectivity index (χ3n) is 2.43. The molecule has 0 atom stereocenters. The minimum atomic E-state index is 0. The molecular weight excluding hydrogens is 217 g/mol. The fourth-order valence-corrected chi connectivity index (χ4v) is 0.237. The van der Waals surface area contributed by atoms with Crippen LogP contribution in [-0.4, -0.2) is 17.2 Å². The van der Waals surface area contributed by atoms with Crippen LogP contribution in [0.2, 0.25) is 0 Å². The standard InChI is InChI=1S/C8H18O.H2O.Y/c1-7(2,3)8(4,5)6-9;;/h9H,6H2,1-5H3;1H2;. The molecule has 0 spiro atoms. The van der Waals surface area contributed by atoms with Crippen molar-refractivity contribution in [1.29, 1.82) is 0 Å². The van der Waals surface area contributed by atoms with E-state index in [1.54, 1.807) is 0 Å². The molecule has 0 unspecified atom stereocenters. The van der Waals surface area contributed by atoms with E-state index < -0.39 is 0 Å². The van der Waals surface area contributed by atoms with E-state index in [1.807, 2.05) is 0 Å². The molecule has 0 rings (SSSR count). The van der Waals surface area contributed by atoms with Gasteiger partial charge < -0.3 is 10.6 Å². The van der Waals surface area contributed by atoms with E-state index in [4.69, 9.17) is 5.11 Å². The van der Waals surface area contributed by atoms with Crippen molar-refractivity contribution in [2.75, 3.05) is 6.61 Å². The van der Waals surface area contributed by atoms with E-state index in [-0.39, 0.29) is 55.6 Å². The molecule has 0 aliphatic rings. The Labute approximate surface area is 95.0 Å². The fourth-order valence-electron chi connectivity index (χ4n) is 0.237. The predicted octanol–water partition coefficient (Wildman–Crippen LogP) is 1.22. The van der Waals surface area contributed by atoms with Crippen LogP contribution in [0, 0.1) is 10.8 Å². The van der Waals surface area contributed by atoms with Gasteiger partial charge in [-0.3, -0.25) is 0 Å². The Bertz CT molecular complexity index is 94.8. The molecule has 0 amide bonds. The van der Waals surface area contributed by atoms with Crippen molar-refractivity contribution in [2.45, 2.75) is 34.6 Å². The summed E-state index contributed by atoms with van der Waals surface area (Å²) in [4.78, 5) is 0. The van der Waals surface area contributed by atoms with Crippen molar-refractivity contribution >= 4 is 0 Å². The summed E-state index contributed by atoms with van der Waals surface area (Å²) < 4.78 is 0. The molecule has 67 valence electrons. The molecule has 0 fully saturated rings. The van der Waals surface area contributed by atoms with Crippen LogP contribution in [0.1, 0.15) is 34.6 Å². The SMILES string of the molecule is CC(C)(C)C(C)(C)CO.O.[Y]. The van der Waals surface area contributed by atoms with Gasteiger partial charge in [0.2, 0.25) is 0 Å². The smallest absolute Gasteiger partial charge is 0.0487 e. The Morgan fingerprint density at radius 3 is 1.27 bits per heavy atom. The van der Waals surface area contributed by atoms with Crippen LogP contribution in [0.3, 0.4) is 0 Å². The number of aliphatic hydroxyl groups excluding tert-OH is 1. The van der Waals surface area contributed by atoms with Gasteiger partial charge in [0.1, 0.15) is 0 Å². The molecule has 0 aromatic heterocycles. The molecule has 2 nitrogen and oxygen atoms in total. The summed E-state index contributed by atoms with van der Waals surface area (Å²) in [6.07, 6.45) is 0. The Kier molecular flexibility index (Phi) is 9.19. The van der Waals surface area contributed by atoms with Gasteiger partial charge in [-0.2, -0.15) is 0 Å². The first kappa shape index (κ1) is 17.9. The maximum absolute atomic E-state index is 8.93. The summed E-state index contributed by atoms with van der Waals surface area (Å²) in [5.74, 6) is 0. The zero-order chi connectivity index (χ0) is 7.71. The van der Waals surface area contributed by atoms with Crippen molar-refractivity contribution in [3.05, 3.63) is 0 Å². The molecule has 0 aromatic carbocycles. The molecule has 3 heteroatoms. The molecule has 1 radical (unpaired) electrons. The number of hydrogen-bond acceptors (Lipinski definition) is 1. The Balaban J connectivity index is -0.000000320. The van der Waals surface area contributed by atoms with E-state index in [1.165, 1.54) is 0 Å². The van der Waals surface area contributed by atoms with Gasteiger partial charge in [-0.05, 0) is 10.8 Å². The first-order chi connectivity index (χ1) is 3.81. The first-order valence-corrected chi connectivity index (χ1v) is 3.42. The van der Waals surface area contributed by atoms with Crippen LogP contribution in [-0.2, 0) is 32.7 Å². The number of aliphatic hydroxyl groups is 1. The molecule has 11 heavy (non-hydrogen) atoms. The van der Waals surface area contributed by atoms with Gasteiger partial charge >= 0.3 is 0 Å². The average molecular weight is 237 g/mol. The minimum Gasteiger partial charge on any atom is -0.412 e. The van der Waals surface area contributed by atoms with Gasteiger partial charge in [-0.15, -0.1) is 0 Å². The van der Waals surface area contributed by atoms with Gasteiger partial charge in [-0.1, -0.05) is 34.6 Å². The van der Waals surface area contributed by atoms with E-state index in [0.29, 0.717) is 0 Å². The van der Waals surface area contributed by atoms with Crippen LogP contribution in [0.4, 0.5) is 0 Å². The largest absolute Gasteiger partial charge is 0.412 e.